The Hall–Kier alpha value is -4.08. The molecule has 0 saturated heterocycles. The zero-order valence-corrected chi connectivity index (χ0v) is 18.3. The summed E-state index contributed by atoms with van der Waals surface area (Å²) in [5.74, 6) is -1.69. The number of halogens is 1. The highest BCUT2D eigenvalue weighted by molar-refractivity contribution is 5.95. The Labute approximate surface area is 189 Å². The predicted molar refractivity (Wildman–Crippen MR) is 114 cm³/mol. The summed E-state index contributed by atoms with van der Waals surface area (Å²) < 4.78 is 34.3. The van der Waals surface area contributed by atoms with Gasteiger partial charge in [0, 0.05) is 0 Å². The summed E-state index contributed by atoms with van der Waals surface area (Å²) in [7, 11) is 2.82. The maximum atomic E-state index is 13.9. The lowest BCUT2D eigenvalue weighted by Crippen LogP contribution is -2.47. The van der Waals surface area contributed by atoms with Gasteiger partial charge < -0.3 is 29.6 Å². The lowest BCUT2D eigenvalue weighted by Gasteiger charge is -2.29. The average Bonchev–Trinajstić information content (AvgIpc) is 2.82. The standard InChI is InChI=1S/C23H23FN2O7/c1-4-32-22(28)19-17(12-33-21(27)14-7-10-18(31-3)16(24)11-14)25-23(29)26-20(19)13-5-8-15(30-2)9-6-13/h5-11,20H,4,12H2,1-3H3,(H2,25,26,29)/t20-/m0/s1. The number of urea groups is 1. The molecule has 2 aromatic carbocycles. The van der Waals surface area contributed by atoms with Gasteiger partial charge in [0.2, 0.25) is 0 Å². The van der Waals surface area contributed by atoms with Crippen LogP contribution in [0.5, 0.6) is 11.5 Å². The van der Waals surface area contributed by atoms with Crippen LogP contribution in [0.1, 0.15) is 28.9 Å². The van der Waals surface area contributed by atoms with Crippen molar-refractivity contribution in [2.45, 2.75) is 13.0 Å². The van der Waals surface area contributed by atoms with Crippen molar-refractivity contribution in [3.8, 4) is 11.5 Å². The molecule has 2 amide bonds. The lowest BCUT2D eigenvalue weighted by molar-refractivity contribution is -0.139. The van der Waals surface area contributed by atoms with Gasteiger partial charge in [0.05, 0.1) is 43.7 Å². The Morgan fingerprint density at radius 3 is 2.33 bits per heavy atom. The van der Waals surface area contributed by atoms with E-state index in [2.05, 4.69) is 10.6 Å². The van der Waals surface area contributed by atoms with Crippen molar-refractivity contribution in [3.63, 3.8) is 0 Å². The van der Waals surface area contributed by atoms with Crippen molar-refractivity contribution in [1.82, 2.24) is 10.6 Å². The van der Waals surface area contributed by atoms with Crippen LogP contribution in [0.4, 0.5) is 9.18 Å². The Morgan fingerprint density at radius 1 is 1.00 bits per heavy atom. The SMILES string of the molecule is CCOC(=O)C1=C(COC(=O)c2ccc(OC)c(F)c2)NC(=O)N[C@H]1c1ccc(OC)cc1. The summed E-state index contributed by atoms with van der Waals surface area (Å²) in [4.78, 5) is 37.5. The molecule has 10 heteroatoms. The summed E-state index contributed by atoms with van der Waals surface area (Å²) in [6.07, 6.45) is 0. The van der Waals surface area contributed by atoms with E-state index in [0.717, 1.165) is 6.07 Å². The van der Waals surface area contributed by atoms with Crippen molar-refractivity contribution in [1.29, 1.82) is 0 Å². The Bertz CT molecular complexity index is 1080. The Kier molecular flexibility index (Phi) is 7.50. The molecule has 2 N–H and O–H groups in total. The molecule has 0 aromatic heterocycles. The van der Waals surface area contributed by atoms with Gasteiger partial charge in [-0.05, 0) is 42.8 Å². The number of amides is 2. The molecule has 2 aromatic rings. The third kappa shape index (κ3) is 5.40. The molecule has 9 nitrogen and oxygen atoms in total. The summed E-state index contributed by atoms with van der Waals surface area (Å²) >= 11 is 0. The van der Waals surface area contributed by atoms with E-state index in [9.17, 15) is 18.8 Å². The molecule has 1 aliphatic rings. The lowest BCUT2D eigenvalue weighted by atomic mass is 9.95. The monoisotopic (exact) mass is 458 g/mol. The van der Waals surface area contributed by atoms with Crippen LogP contribution < -0.4 is 20.1 Å². The first kappa shape index (κ1) is 23.6. The van der Waals surface area contributed by atoms with Crippen LogP contribution in [0, 0.1) is 5.82 Å². The molecule has 33 heavy (non-hydrogen) atoms. The van der Waals surface area contributed by atoms with E-state index in [0.29, 0.717) is 11.3 Å². The molecule has 0 unspecified atom stereocenters. The van der Waals surface area contributed by atoms with Crippen LogP contribution in [0.3, 0.4) is 0 Å². The molecule has 0 bridgehead atoms. The minimum absolute atomic E-state index is 0.0215. The molecule has 174 valence electrons. The van der Waals surface area contributed by atoms with Crippen molar-refractivity contribution in [3.05, 3.63) is 70.7 Å². The first-order valence-electron chi connectivity index (χ1n) is 10.00. The van der Waals surface area contributed by atoms with E-state index in [1.807, 2.05) is 0 Å². The number of hydrogen-bond acceptors (Lipinski definition) is 7. The summed E-state index contributed by atoms with van der Waals surface area (Å²) in [5.41, 5.74) is 0.670. The van der Waals surface area contributed by atoms with Crippen LogP contribution >= 0.6 is 0 Å². The van der Waals surface area contributed by atoms with Crippen molar-refractivity contribution >= 4 is 18.0 Å². The largest absolute Gasteiger partial charge is 0.497 e. The molecule has 1 heterocycles. The normalized spacial score (nSPS) is 15.3. The second-order valence-corrected chi connectivity index (χ2v) is 6.84. The summed E-state index contributed by atoms with van der Waals surface area (Å²) in [5, 5.41) is 5.17. The minimum atomic E-state index is -0.851. The fourth-order valence-electron chi connectivity index (χ4n) is 3.24. The number of rotatable bonds is 8. The van der Waals surface area contributed by atoms with Gasteiger partial charge in [-0.2, -0.15) is 0 Å². The van der Waals surface area contributed by atoms with E-state index in [4.69, 9.17) is 18.9 Å². The van der Waals surface area contributed by atoms with Crippen LogP contribution in [0.2, 0.25) is 0 Å². The zero-order chi connectivity index (χ0) is 24.0. The zero-order valence-electron chi connectivity index (χ0n) is 18.3. The third-order valence-corrected chi connectivity index (χ3v) is 4.83. The summed E-state index contributed by atoms with van der Waals surface area (Å²) in [6.45, 7) is 1.30. The van der Waals surface area contributed by atoms with E-state index in [1.165, 1.54) is 26.4 Å². The van der Waals surface area contributed by atoms with Crippen LogP contribution in [0.25, 0.3) is 0 Å². The molecular weight excluding hydrogens is 435 g/mol. The smallest absolute Gasteiger partial charge is 0.338 e. The highest BCUT2D eigenvalue weighted by Crippen LogP contribution is 2.29. The van der Waals surface area contributed by atoms with Crippen molar-refractivity contribution < 1.29 is 37.7 Å². The fraction of sp³-hybridized carbons (Fsp3) is 0.261. The van der Waals surface area contributed by atoms with E-state index < -0.39 is 36.4 Å². The van der Waals surface area contributed by atoms with Gasteiger partial charge in [-0.15, -0.1) is 0 Å². The number of methoxy groups -OCH3 is 2. The number of esters is 2. The molecule has 0 saturated carbocycles. The van der Waals surface area contributed by atoms with Crippen molar-refractivity contribution in [2.24, 2.45) is 0 Å². The average molecular weight is 458 g/mol. The molecule has 3 rings (SSSR count). The van der Waals surface area contributed by atoms with Crippen molar-refractivity contribution in [2.75, 3.05) is 27.4 Å². The third-order valence-electron chi connectivity index (χ3n) is 4.83. The number of carbonyl (C=O) groups excluding carboxylic acids is 3. The quantitative estimate of drug-likeness (QED) is 0.585. The minimum Gasteiger partial charge on any atom is -0.497 e. The van der Waals surface area contributed by atoms with Crippen LogP contribution in [-0.4, -0.2) is 45.4 Å². The van der Waals surface area contributed by atoms with E-state index >= 15 is 0 Å². The van der Waals surface area contributed by atoms with Crippen LogP contribution in [0.15, 0.2) is 53.7 Å². The number of carbonyl (C=O) groups is 3. The second kappa shape index (κ2) is 10.5. The van der Waals surface area contributed by atoms with Gasteiger partial charge in [0.25, 0.3) is 0 Å². The molecular formula is C23H23FN2O7. The van der Waals surface area contributed by atoms with Gasteiger partial charge >= 0.3 is 18.0 Å². The van der Waals surface area contributed by atoms with E-state index in [1.54, 1.807) is 31.2 Å². The fourth-order valence-corrected chi connectivity index (χ4v) is 3.24. The molecule has 1 aliphatic heterocycles. The maximum absolute atomic E-state index is 13.9. The number of benzene rings is 2. The number of nitrogens with one attached hydrogen (secondary N) is 2. The molecule has 0 aliphatic carbocycles. The number of ether oxygens (including phenoxy) is 4. The molecule has 0 radical (unpaired) electrons. The Morgan fingerprint density at radius 2 is 1.73 bits per heavy atom. The maximum Gasteiger partial charge on any atom is 0.338 e. The first-order valence-corrected chi connectivity index (χ1v) is 10.00. The van der Waals surface area contributed by atoms with Gasteiger partial charge in [-0.3, -0.25) is 0 Å². The second-order valence-electron chi connectivity index (χ2n) is 6.84. The molecule has 0 fully saturated rings. The topological polar surface area (TPSA) is 112 Å². The highest BCUT2D eigenvalue weighted by Gasteiger charge is 2.34. The number of hydrogen-bond donors (Lipinski definition) is 2. The highest BCUT2D eigenvalue weighted by atomic mass is 19.1. The predicted octanol–water partition coefficient (Wildman–Crippen LogP) is 2.87. The Balaban J connectivity index is 1.90. The van der Waals surface area contributed by atoms with E-state index in [-0.39, 0.29) is 29.2 Å². The van der Waals surface area contributed by atoms with Gasteiger partial charge in [-0.1, -0.05) is 12.1 Å². The summed E-state index contributed by atoms with van der Waals surface area (Å²) in [6, 6.07) is 8.92. The first-order chi connectivity index (χ1) is 15.9. The van der Waals surface area contributed by atoms with Crippen LogP contribution in [-0.2, 0) is 14.3 Å². The molecule has 1 atom stereocenters. The van der Waals surface area contributed by atoms with Gasteiger partial charge in [0.15, 0.2) is 11.6 Å². The van der Waals surface area contributed by atoms with Gasteiger partial charge in [-0.25, -0.2) is 18.8 Å². The molecule has 0 spiro atoms. The van der Waals surface area contributed by atoms with Gasteiger partial charge in [0.1, 0.15) is 12.4 Å².